The molecular formula is C11H23NO3S. The number of hydrogen-bond donors (Lipinski definition) is 2. The average molecular weight is 249 g/mol. The van der Waals surface area contributed by atoms with E-state index in [1.807, 2.05) is 20.8 Å². The first kappa shape index (κ1) is 13.9. The van der Waals surface area contributed by atoms with Gasteiger partial charge in [0, 0.05) is 0 Å². The van der Waals surface area contributed by atoms with Crippen molar-refractivity contribution < 1.29 is 13.5 Å². The van der Waals surface area contributed by atoms with Gasteiger partial charge in [-0.15, -0.1) is 0 Å². The van der Waals surface area contributed by atoms with Crippen LogP contribution in [-0.4, -0.2) is 31.4 Å². The van der Waals surface area contributed by atoms with Crippen LogP contribution in [0, 0.1) is 5.41 Å². The molecule has 96 valence electrons. The van der Waals surface area contributed by atoms with E-state index in [0.717, 1.165) is 19.3 Å². The molecule has 0 radical (unpaired) electrons. The molecule has 16 heavy (non-hydrogen) atoms. The van der Waals surface area contributed by atoms with Gasteiger partial charge in [-0.05, 0) is 31.1 Å². The Kier molecular flexibility index (Phi) is 4.03. The lowest BCUT2D eigenvalue weighted by Gasteiger charge is -2.40. The highest BCUT2D eigenvalue weighted by Crippen LogP contribution is 2.32. The molecule has 1 aliphatic rings. The predicted molar refractivity (Wildman–Crippen MR) is 64.7 cm³/mol. The second-order valence-corrected chi connectivity index (χ2v) is 7.87. The fourth-order valence-corrected chi connectivity index (χ4v) is 3.63. The van der Waals surface area contributed by atoms with Gasteiger partial charge in [0.25, 0.3) is 0 Å². The summed E-state index contributed by atoms with van der Waals surface area (Å²) in [5.74, 6) is 0.137. The van der Waals surface area contributed by atoms with Gasteiger partial charge in [0.1, 0.15) is 0 Å². The van der Waals surface area contributed by atoms with Gasteiger partial charge in [0.15, 0.2) is 0 Å². The minimum absolute atomic E-state index is 0.0146. The largest absolute Gasteiger partial charge is 0.394 e. The number of aliphatic hydroxyl groups excluding tert-OH is 1. The van der Waals surface area contributed by atoms with Gasteiger partial charge < -0.3 is 5.11 Å². The Labute approximate surface area is 98.5 Å². The molecule has 0 spiro atoms. The molecule has 4 nitrogen and oxygen atoms in total. The smallest absolute Gasteiger partial charge is 0.212 e. The van der Waals surface area contributed by atoms with Crippen LogP contribution >= 0.6 is 0 Å². The quantitative estimate of drug-likeness (QED) is 0.771. The van der Waals surface area contributed by atoms with Crippen LogP contribution in [0.5, 0.6) is 0 Å². The molecule has 1 saturated carbocycles. The van der Waals surface area contributed by atoms with Crippen molar-refractivity contribution in [3.05, 3.63) is 0 Å². The first-order valence-corrected chi connectivity index (χ1v) is 7.46. The molecule has 2 N–H and O–H groups in total. The Bertz CT molecular complexity index is 320. The van der Waals surface area contributed by atoms with Crippen molar-refractivity contribution in [2.45, 2.75) is 52.0 Å². The van der Waals surface area contributed by atoms with E-state index in [9.17, 15) is 13.5 Å². The molecule has 1 fully saturated rings. The molecule has 0 bridgehead atoms. The van der Waals surface area contributed by atoms with Crippen LogP contribution in [-0.2, 0) is 10.0 Å². The van der Waals surface area contributed by atoms with Crippen molar-refractivity contribution in [2.75, 3.05) is 12.4 Å². The van der Waals surface area contributed by atoms with E-state index in [-0.39, 0.29) is 17.8 Å². The lowest BCUT2D eigenvalue weighted by Crippen LogP contribution is -2.56. The van der Waals surface area contributed by atoms with Crippen molar-refractivity contribution in [2.24, 2.45) is 5.41 Å². The van der Waals surface area contributed by atoms with Crippen LogP contribution in [0.2, 0.25) is 0 Å². The Morgan fingerprint density at radius 3 is 2.19 bits per heavy atom. The fourth-order valence-electron chi connectivity index (χ4n) is 1.72. The summed E-state index contributed by atoms with van der Waals surface area (Å²) in [4.78, 5) is 0. The average Bonchev–Trinajstić information content (AvgIpc) is 2.08. The molecule has 0 saturated heterocycles. The minimum atomic E-state index is -3.26. The maximum Gasteiger partial charge on any atom is 0.212 e. The Morgan fingerprint density at radius 2 is 1.88 bits per heavy atom. The monoisotopic (exact) mass is 249 g/mol. The highest BCUT2D eigenvalue weighted by atomic mass is 32.2. The third-order valence-corrected chi connectivity index (χ3v) is 4.59. The van der Waals surface area contributed by atoms with Gasteiger partial charge in [-0.2, -0.15) is 0 Å². The minimum Gasteiger partial charge on any atom is -0.394 e. The van der Waals surface area contributed by atoms with Gasteiger partial charge >= 0.3 is 0 Å². The topological polar surface area (TPSA) is 66.4 Å². The number of aliphatic hydroxyl groups is 1. The predicted octanol–water partition coefficient (Wildman–Crippen LogP) is 1.26. The highest BCUT2D eigenvalue weighted by Gasteiger charge is 2.39. The second-order valence-electron chi connectivity index (χ2n) is 6.02. The molecule has 0 aliphatic heterocycles. The summed E-state index contributed by atoms with van der Waals surface area (Å²) in [7, 11) is -3.26. The third kappa shape index (κ3) is 4.03. The van der Waals surface area contributed by atoms with Crippen molar-refractivity contribution in [3.8, 4) is 0 Å². The van der Waals surface area contributed by atoms with Crippen LogP contribution in [0.3, 0.4) is 0 Å². The molecule has 5 heteroatoms. The molecule has 1 rings (SSSR count). The first-order chi connectivity index (χ1) is 7.18. The highest BCUT2D eigenvalue weighted by molar-refractivity contribution is 7.89. The molecule has 1 aliphatic carbocycles. The third-order valence-electron chi connectivity index (χ3n) is 3.11. The molecule has 0 heterocycles. The normalized spacial score (nSPS) is 20.5. The molecule has 0 aromatic carbocycles. The van der Waals surface area contributed by atoms with E-state index in [4.69, 9.17) is 0 Å². The van der Waals surface area contributed by atoms with Gasteiger partial charge in [-0.1, -0.05) is 20.8 Å². The zero-order valence-corrected chi connectivity index (χ0v) is 11.2. The van der Waals surface area contributed by atoms with E-state index >= 15 is 0 Å². The molecule has 0 aromatic rings. The van der Waals surface area contributed by atoms with Gasteiger partial charge in [0.2, 0.25) is 10.0 Å². The van der Waals surface area contributed by atoms with Crippen molar-refractivity contribution in [1.82, 2.24) is 4.72 Å². The zero-order chi connectivity index (χ0) is 12.4. The maximum absolute atomic E-state index is 11.8. The Hall–Kier alpha value is -0.130. The Morgan fingerprint density at radius 1 is 1.31 bits per heavy atom. The molecule has 0 amide bonds. The van der Waals surface area contributed by atoms with Crippen LogP contribution in [0.15, 0.2) is 0 Å². The van der Waals surface area contributed by atoms with Crippen molar-refractivity contribution in [3.63, 3.8) is 0 Å². The van der Waals surface area contributed by atoms with E-state index in [0.29, 0.717) is 6.42 Å². The first-order valence-electron chi connectivity index (χ1n) is 5.81. The number of sulfonamides is 1. The summed E-state index contributed by atoms with van der Waals surface area (Å²) in [6.45, 7) is 5.97. The summed E-state index contributed by atoms with van der Waals surface area (Å²) in [5.41, 5.74) is -0.544. The summed E-state index contributed by atoms with van der Waals surface area (Å²) in [6, 6.07) is 0. The zero-order valence-electron chi connectivity index (χ0n) is 10.4. The van der Waals surface area contributed by atoms with Gasteiger partial charge in [-0.25, -0.2) is 13.1 Å². The number of nitrogens with one attached hydrogen (secondary N) is 1. The molecule has 0 atom stereocenters. The maximum atomic E-state index is 11.8. The van der Waals surface area contributed by atoms with Crippen molar-refractivity contribution in [1.29, 1.82) is 0 Å². The summed E-state index contributed by atoms with van der Waals surface area (Å²) >= 11 is 0. The lowest BCUT2D eigenvalue weighted by molar-refractivity contribution is 0.110. The van der Waals surface area contributed by atoms with Crippen LogP contribution in [0.1, 0.15) is 46.5 Å². The standard InChI is InChI=1S/C11H23NO3S/c1-10(2,3)7-8-16(14,15)12-11(9-13)5-4-6-11/h12-13H,4-9H2,1-3H3. The molecule has 0 aromatic heterocycles. The fraction of sp³-hybridized carbons (Fsp3) is 1.00. The SMILES string of the molecule is CC(C)(C)CCS(=O)(=O)NC1(CO)CCC1. The van der Waals surface area contributed by atoms with Gasteiger partial charge in [0.05, 0.1) is 17.9 Å². The number of rotatable bonds is 5. The van der Waals surface area contributed by atoms with E-state index in [1.54, 1.807) is 0 Å². The van der Waals surface area contributed by atoms with E-state index in [2.05, 4.69) is 4.72 Å². The van der Waals surface area contributed by atoms with Crippen molar-refractivity contribution >= 4 is 10.0 Å². The molecular weight excluding hydrogens is 226 g/mol. The van der Waals surface area contributed by atoms with Crippen LogP contribution in [0.25, 0.3) is 0 Å². The summed E-state index contributed by atoms with van der Waals surface area (Å²) in [5, 5.41) is 9.20. The van der Waals surface area contributed by atoms with E-state index in [1.165, 1.54) is 0 Å². The van der Waals surface area contributed by atoms with Gasteiger partial charge in [-0.3, -0.25) is 0 Å². The van der Waals surface area contributed by atoms with E-state index < -0.39 is 15.6 Å². The lowest BCUT2D eigenvalue weighted by atomic mass is 9.78. The van der Waals surface area contributed by atoms with Crippen LogP contribution in [0.4, 0.5) is 0 Å². The Balaban J connectivity index is 2.52. The summed E-state index contributed by atoms with van der Waals surface area (Å²) < 4.78 is 26.3. The van der Waals surface area contributed by atoms with Crippen LogP contribution < -0.4 is 4.72 Å². The summed E-state index contributed by atoms with van der Waals surface area (Å²) in [6.07, 6.45) is 3.11. The molecule has 0 unspecified atom stereocenters. The second kappa shape index (κ2) is 4.63. The number of hydrogen-bond acceptors (Lipinski definition) is 3.